The highest BCUT2D eigenvalue weighted by molar-refractivity contribution is 7.14. The lowest BCUT2D eigenvalue weighted by Crippen LogP contribution is -2.11. The molecule has 0 spiro atoms. The monoisotopic (exact) mass is 332 g/mol. The Bertz CT molecular complexity index is 821. The molecule has 2 aromatic heterocycles. The molecule has 3 rings (SSSR count). The fourth-order valence-electron chi connectivity index (χ4n) is 2.11. The standard InChI is InChI=1S/C16H13FN2OS2/c1-9-7-13(10(2)22-9)15(20)19-16-18-14(8-21-16)11-3-5-12(17)6-4-11/h3-8H,1-2H3,(H,18,19,20). The van der Waals surface area contributed by atoms with E-state index in [1.165, 1.54) is 23.5 Å². The first kappa shape index (κ1) is 14.9. The Balaban J connectivity index is 1.78. The molecule has 1 N–H and O–H groups in total. The predicted molar refractivity (Wildman–Crippen MR) is 89.3 cm³/mol. The molecule has 0 atom stereocenters. The van der Waals surface area contributed by atoms with E-state index in [1.807, 2.05) is 25.3 Å². The summed E-state index contributed by atoms with van der Waals surface area (Å²) < 4.78 is 12.9. The lowest BCUT2D eigenvalue weighted by Gasteiger charge is -2.00. The number of benzene rings is 1. The van der Waals surface area contributed by atoms with E-state index in [9.17, 15) is 9.18 Å². The summed E-state index contributed by atoms with van der Waals surface area (Å²) in [7, 11) is 0. The predicted octanol–water partition coefficient (Wildman–Crippen LogP) is 4.88. The third kappa shape index (κ3) is 3.08. The minimum Gasteiger partial charge on any atom is -0.298 e. The van der Waals surface area contributed by atoms with E-state index < -0.39 is 0 Å². The van der Waals surface area contributed by atoms with Gasteiger partial charge in [-0.3, -0.25) is 10.1 Å². The Hall–Kier alpha value is -2.05. The van der Waals surface area contributed by atoms with Crippen LogP contribution in [0.15, 0.2) is 35.7 Å². The number of carbonyl (C=O) groups excluding carboxylic acids is 1. The molecule has 112 valence electrons. The van der Waals surface area contributed by atoms with Crippen LogP contribution in [-0.4, -0.2) is 10.9 Å². The van der Waals surface area contributed by atoms with Crippen molar-refractivity contribution in [1.82, 2.24) is 4.98 Å². The van der Waals surface area contributed by atoms with E-state index in [2.05, 4.69) is 10.3 Å². The Morgan fingerprint density at radius 1 is 1.23 bits per heavy atom. The van der Waals surface area contributed by atoms with Crippen molar-refractivity contribution >= 4 is 33.7 Å². The molecule has 0 radical (unpaired) electrons. The first-order valence-corrected chi connectivity index (χ1v) is 8.32. The van der Waals surface area contributed by atoms with Gasteiger partial charge in [-0.15, -0.1) is 22.7 Å². The number of aromatic nitrogens is 1. The molecule has 1 amide bonds. The fraction of sp³-hybridized carbons (Fsp3) is 0.125. The van der Waals surface area contributed by atoms with Crippen LogP contribution in [0, 0.1) is 19.7 Å². The van der Waals surface area contributed by atoms with Crippen molar-refractivity contribution in [3.63, 3.8) is 0 Å². The number of halogens is 1. The van der Waals surface area contributed by atoms with Gasteiger partial charge in [-0.1, -0.05) is 0 Å². The number of rotatable bonds is 3. The van der Waals surface area contributed by atoms with Gasteiger partial charge in [0, 0.05) is 20.7 Å². The van der Waals surface area contributed by atoms with Crippen molar-refractivity contribution in [2.75, 3.05) is 5.32 Å². The summed E-state index contributed by atoms with van der Waals surface area (Å²) in [5.41, 5.74) is 2.22. The number of hydrogen-bond acceptors (Lipinski definition) is 4. The highest BCUT2D eigenvalue weighted by atomic mass is 32.1. The molecule has 6 heteroatoms. The maximum atomic E-state index is 12.9. The second-order valence-electron chi connectivity index (χ2n) is 4.83. The van der Waals surface area contributed by atoms with Gasteiger partial charge in [0.15, 0.2) is 5.13 Å². The largest absolute Gasteiger partial charge is 0.298 e. The molecule has 0 saturated heterocycles. The van der Waals surface area contributed by atoms with E-state index in [0.717, 1.165) is 21.0 Å². The lowest BCUT2D eigenvalue weighted by molar-refractivity contribution is 0.102. The lowest BCUT2D eigenvalue weighted by atomic mass is 10.2. The quantitative estimate of drug-likeness (QED) is 0.743. The number of anilines is 1. The Morgan fingerprint density at radius 2 is 1.95 bits per heavy atom. The second-order valence-corrected chi connectivity index (χ2v) is 7.14. The van der Waals surface area contributed by atoms with Crippen LogP contribution in [0.3, 0.4) is 0 Å². The molecule has 0 aliphatic rings. The van der Waals surface area contributed by atoms with Gasteiger partial charge in [-0.2, -0.15) is 0 Å². The van der Waals surface area contributed by atoms with Crippen molar-refractivity contribution < 1.29 is 9.18 Å². The van der Waals surface area contributed by atoms with Crippen molar-refractivity contribution in [2.24, 2.45) is 0 Å². The number of aryl methyl sites for hydroxylation is 2. The highest BCUT2D eigenvalue weighted by Crippen LogP contribution is 2.26. The number of carbonyl (C=O) groups is 1. The molecule has 3 aromatic rings. The van der Waals surface area contributed by atoms with E-state index in [-0.39, 0.29) is 11.7 Å². The summed E-state index contributed by atoms with van der Waals surface area (Å²) >= 11 is 2.95. The molecular formula is C16H13FN2OS2. The van der Waals surface area contributed by atoms with E-state index >= 15 is 0 Å². The van der Waals surface area contributed by atoms with Crippen LogP contribution >= 0.6 is 22.7 Å². The van der Waals surface area contributed by atoms with Crippen molar-refractivity contribution in [3.05, 3.63) is 56.8 Å². The molecule has 0 unspecified atom stereocenters. The highest BCUT2D eigenvalue weighted by Gasteiger charge is 2.14. The van der Waals surface area contributed by atoms with E-state index in [0.29, 0.717) is 10.7 Å². The summed E-state index contributed by atoms with van der Waals surface area (Å²) in [6, 6.07) is 8.00. The first-order valence-electron chi connectivity index (χ1n) is 6.63. The van der Waals surface area contributed by atoms with Crippen molar-refractivity contribution in [2.45, 2.75) is 13.8 Å². The maximum absolute atomic E-state index is 12.9. The van der Waals surface area contributed by atoms with Crippen LogP contribution in [0.5, 0.6) is 0 Å². The number of amides is 1. The molecular weight excluding hydrogens is 319 g/mol. The molecule has 3 nitrogen and oxygen atoms in total. The number of thiazole rings is 1. The molecule has 1 aromatic carbocycles. The average Bonchev–Trinajstić information content (AvgIpc) is 3.06. The number of hydrogen-bond donors (Lipinski definition) is 1. The normalized spacial score (nSPS) is 10.7. The van der Waals surface area contributed by atoms with Crippen LogP contribution in [0.2, 0.25) is 0 Å². The topological polar surface area (TPSA) is 42.0 Å². The van der Waals surface area contributed by atoms with E-state index in [1.54, 1.807) is 23.5 Å². The Kier molecular flexibility index (Phi) is 4.04. The van der Waals surface area contributed by atoms with Gasteiger partial charge in [-0.05, 0) is 44.2 Å². The maximum Gasteiger partial charge on any atom is 0.258 e. The Morgan fingerprint density at radius 3 is 2.59 bits per heavy atom. The van der Waals surface area contributed by atoms with Gasteiger partial charge in [0.2, 0.25) is 0 Å². The zero-order valence-corrected chi connectivity index (χ0v) is 13.6. The molecule has 2 heterocycles. The summed E-state index contributed by atoms with van der Waals surface area (Å²) in [5, 5.41) is 5.19. The van der Waals surface area contributed by atoms with Gasteiger partial charge >= 0.3 is 0 Å². The van der Waals surface area contributed by atoms with E-state index in [4.69, 9.17) is 0 Å². The van der Waals surface area contributed by atoms with Gasteiger partial charge in [0.1, 0.15) is 5.82 Å². The molecule has 0 bridgehead atoms. The number of nitrogens with zero attached hydrogens (tertiary/aromatic N) is 1. The third-order valence-corrected chi connectivity index (χ3v) is 4.87. The molecule has 0 saturated carbocycles. The third-order valence-electron chi connectivity index (χ3n) is 3.15. The zero-order valence-electron chi connectivity index (χ0n) is 12.0. The van der Waals surface area contributed by atoms with Crippen LogP contribution < -0.4 is 5.32 Å². The summed E-state index contributed by atoms with van der Waals surface area (Å²) in [5.74, 6) is -0.433. The molecule has 0 aliphatic carbocycles. The van der Waals surface area contributed by atoms with Crippen molar-refractivity contribution in [3.8, 4) is 11.3 Å². The molecule has 0 fully saturated rings. The van der Waals surface area contributed by atoms with Gasteiger partial charge in [0.25, 0.3) is 5.91 Å². The summed E-state index contributed by atoms with van der Waals surface area (Å²) in [6.07, 6.45) is 0. The molecule has 22 heavy (non-hydrogen) atoms. The summed E-state index contributed by atoms with van der Waals surface area (Å²) in [6.45, 7) is 3.91. The fourth-order valence-corrected chi connectivity index (χ4v) is 3.74. The van der Waals surface area contributed by atoms with Gasteiger partial charge in [-0.25, -0.2) is 9.37 Å². The molecule has 0 aliphatic heterocycles. The van der Waals surface area contributed by atoms with Crippen LogP contribution in [0.25, 0.3) is 11.3 Å². The summed E-state index contributed by atoms with van der Waals surface area (Å²) in [4.78, 5) is 18.7. The minimum atomic E-state index is -0.282. The zero-order chi connectivity index (χ0) is 15.7. The average molecular weight is 332 g/mol. The Labute approximate surface area is 135 Å². The number of nitrogens with one attached hydrogen (secondary N) is 1. The van der Waals surface area contributed by atoms with Gasteiger partial charge in [0.05, 0.1) is 11.3 Å². The smallest absolute Gasteiger partial charge is 0.258 e. The first-order chi connectivity index (χ1) is 10.5. The van der Waals surface area contributed by atoms with Crippen LogP contribution in [-0.2, 0) is 0 Å². The van der Waals surface area contributed by atoms with Gasteiger partial charge < -0.3 is 0 Å². The number of thiophene rings is 1. The SMILES string of the molecule is Cc1cc(C(=O)Nc2nc(-c3ccc(F)cc3)cs2)c(C)s1. The van der Waals surface area contributed by atoms with Crippen LogP contribution in [0.1, 0.15) is 20.1 Å². The minimum absolute atomic E-state index is 0.151. The van der Waals surface area contributed by atoms with Crippen LogP contribution in [0.4, 0.5) is 9.52 Å². The van der Waals surface area contributed by atoms with Crippen molar-refractivity contribution in [1.29, 1.82) is 0 Å². The second kappa shape index (κ2) is 5.98.